The number of amides is 1. The standard InChI is InChI=1S/C21H26ClNOS/c22-18-4-2-1-3-17(18)20-23(5-6-25-20)19(24)13-21-10-14-7-15(11-21)9-16(8-14)12-21/h1-4,14-16,20H,5-13H2. The Kier molecular flexibility index (Phi) is 4.09. The highest BCUT2D eigenvalue weighted by atomic mass is 35.5. The number of nitrogens with zero attached hydrogens (tertiary/aromatic N) is 1. The second kappa shape index (κ2) is 6.20. The van der Waals surface area contributed by atoms with Crippen LogP contribution in [0.15, 0.2) is 24.3 Å². The Morgan fingerprint density at radius 1 is 1.12 bits per heavy atom. The maximum atomic E-state index is 13.3. The SMILES string of the molecule is O=C(CC12CC3CC(CC(C3)C1)C2)N1CCSC1c1ccccc1Cl. The highest BCUT2D eigenvalue weighted by molar-refractivity contribution is 7.99. The lowest BCUT2D eigenvalue weighted by Gasteiger charge is -2.57. The first-order chi connectivity index (χ1) is 12.1. The van der Waals surface area contributed by atoms with Gasteiger partial charge in [0.1, 0.15) is 5.37 Å². The second-order valence-corrected chi connectivity index (χ2v) is 10.5. The van der Waals surface area contributed by atoms with E-state index in [1.165, 1.54) is 38.5 Å². The van der Waals surface area contributed by atoms with Crippen molar-refractivity contribution in [1.82, 2.24) is 4.90 Å². The molecule has 5 fully saturated rings. The van der Waals surface area contributed by atoms with Crippen molar-refractivity contribution in [3.8, 4) is 0 Å². The van der Waals surface area contributed by atoms with Crippen LogP contribution in [0.4, 0.5) is 0 Å². The third-order valence-electron chi connectivity index (χ3n) is 7.07. The predicted molar refractivity (Wildman–Crippen MR) is 104 cm³/mol. The van der Waals surface area contributed by atoms with E-state index in [0.29, 0.717) is 11.3 Å². The molecule has 1 aliphatic heterocycles. The first kappa shape index (κ1) is 16.5. The van der Waals surface area contributed by atoms with Gasteiger partial charge in [-0.1, -0.05) is 29.8 Å². The molecule has 0 spiro atoms. The summed E-state index contributed by atoms with van der Waals surface area (Å²) in [4.78, 5) is 15.4. The zero-order valence-corrected chi connectivity index (χ0v) is 16.2. The minimum atomic E-state index is 0.107. The van der Waals surface area contributed by atoms with Gasteiger partial charge in [-0.25, -0.2) is 0 Å². The van der Waals surface area contributed by atoms with Crippen LogP contribution in [0.1, 0.15) is 55.9 Å². The second-order valence-electron chi connectivity index (χ2n) is 8.93. The number of thioether (sulfide) groups is 1. The molecule has 4 heteroatoms. The van der Waals surface area contributed by atoms with Gasteiger partial charge in [-0.15, -0.1) is 11.8 Å². The predicted octanol–water partition coefficient (Wildman–Crippen LogP) is 5.52. The molecule has 5 aliphatic rings. The Hall–Kier alpha value is -0.670. The van der Waals surface area contributed by atoms with Crippen molar-refractivity contribution in [2.24, 2.45) is 23.2 Å². The lowest BCUT2D eigenvalue weighted by molar-refractivity contribution is -0.139. The monoisotopic (exact) mass is 375 g/mol. The fourth-order valence-corrected chi connectivity index (χ4v) is 8.20. The molecule has 4 saturated carbocycles. The summed E-state index contributed by atoms with van der Waals surface area (Å²) in [5.74, 6) is 4.11. The van der Waals surface area contributed by atoms with Gasteiger partial charge in [0.15, 0.2) is 0 Å². The number of hydrogen-bond donors (Lipinski definition) is 0. The number of carbonyl (C=O) groups is 1. The molecule has 0 radical (unpaired) electrons. The molecule has 1 saturated heterocycles. The number of rotatable bonds is 3. The molecular weight excluding hydrogens is 350 g/mol. The van der Waals surface area contributed by atoms with Gasteiger partial charge in [0.25, 0.3) is 0 Å². The van der Waals surface area contributed by atoms with Crippen LogP contribution < -0.4 is 0 Å². The third kappa shape index (κ3) is 2.92. The minimum Gasteiger partial charge on any atom is -0.326 e. The van der Waals surface area contributed by atoms with Gasteiger partial charge in [0, 0.05) is 29.3 Å². The molecule has 4 aliphatic carbocycles. The van der Waals surface area contributed by atoms with Crippen LogP contribution in [0.3, 0.4) is 0 Å². The summed E-state index contributed by atoms with van der Waals surface area (Å²) in [7, 11) is 0. The molecule has 0 aromatic heterocycles. The van der Waals surface area contributed by atoms with Crippen molar-refractivity contribution in [1.29, 1.82) is 0 Å². The van der Waals surface area contributed by atoms with E-state index in [2.05, 4.69) is 11.0 Å². The van der Waals surface area contributed by atoms with Crippen molar-refractivity contribution >= 4 is 29.3 Å². The van der Waals surface area contributed by atoms with Gasteiger partial charge < -0.3 is 4.90 Å². The van der Waals surface area contributed by atoms with Crippen LogP contribution in [0.25, 0.3) is 0 Å². The number of carbonyl (C=O) groups excluding carboxylic acids is 1. The van der Waals surface area contributed by atoms with Crippen molar-refractivity contribution in [2.45, 2.75) is 50.3 Å². The molecule has 134 valence electrons. The van der Waals surface area contributed by atoms with Crippen LogP contribution in [0.5, 0.6) is 0 Å². The number of hydrogen-bond acceptors (Lipinski definition) is 2. The van der Waals surface area contributed by atoms with E-state index in [9.17, 15) is 4.79 Å². The topological polar surface area (TPSA) is 20.3 Å². The molecule has 1 aromatic rings. The molecule has 1 heterocycles. The number of benzene rings is 1. The molecule has 4 bridgehead atoms. The van der Waals surface area contributed by atoms with E-state index in [1.807, 2.05) is 30.0 Å². The lowest BCUT2D eigenvalue weighted by atomic mass is 9.49. The molecule has 1 atom stereocenters. The summed E-state index contributed by atoms with van der Waals surface area (Å²) in [6.07, 6.45) is 9.02. The quantitative estimate of drug-likeness (QED) is 0.693. The van der Waals surface area contributed by atoms with Gasteiger partial charge in [-0.3, -0.25) is 4.79 Å². The summed E-state index contributed by atoms with van der Waals surface area (Å²) in [5, 5.41) is 0.893. The summed E-state index contributed by atoms with van der Waals surface area (Å²) < 4.78 is 0. The Bertz CT molecular complexity index is 655. The molecule has 1 amide bonds. The maximum absolute atomic E-state index is 13.3. The smallest absolute Gasteiger partial charge is 0.224 e. The fourth-order valence-electron chi connectivity index (χ4n) is 6.59. The van der Waals surface area contributed by atoms with Crippen LogP contribution in [-0.2, 0) is 4.79 Å². The van der Waals surface area contributed by atoms with E-state index in [0.717, 1.165) is 47.1 Å². The summed E-state index contributed by atoms with van der Waals surface area (Å²) in [5.41, 5.74) is 1.43. The van der Waals surface area contributed by atoms with Crippen molar-refractivity contribution < 1.29 is 4.79 Å². The maximum Gasteiger partial charge on any atom is 0.224 e. The first-order valence-electron chi connectivity index (χ1n) is 9.77. The Balaban J connectivity index is 1.35. The fraction of sp³-hybridized carbons (Fsp3) is 0.667. The van der Waals surface area contributed by atoms with Crippen molar-refractivity contribution in [2.75, 3.05) is 12.3 Å². The molecule has 1 unspecified atom stereocenters. The first-order valence-corrected chi connectivity index (χ1v) is 11.2. The van der Waals surface area contributed by atoms with Gasteiger partial charge in [-0.2, -0.15) is 0 Å². The molecular formula is C21H26ClNOS. The van der Waals surface area contributed by atoms with Gasteiger partial charge >= 0.3 is 0 Å². The zero-order valence-electron chi connectivity index (χ0n) is 14.6. The van der Waals surface area contributed by atoms with Gasteiger partial charge in [0.05, 0.1) is 0 Å². The normalized spacial score (nSPS) is 39.2. The number of halogens is 1. The van der Waals surface area contributed by atoms with E-state index < -0.39 is 0 Å². The Morgan fingerprint density at radius 3 is 2.40 bits per heavy atom. The highest BCUT2D eigenvalue weighted by Gasteiger charge is 2.52. The molecule has 6 rings (SSSR count). The van der Waals surface area contributed by atoms with Crippen LogP contribution in [-0.4, -0.2) is 23.1 Å². The van der Waals surface area contributed by atoms with Crippen molar-refractivity contribution in [3.63, 3.8) is 0 Å². The van der Waals surface area contributed by atoms with Crippen LogP contribution in [0, 0.1) is 23.2 Å². The molecule has 25 heavy (non-hydrogen) atoms. The zero-order chi connectivity index (χ0) is 17.0. The summed E-state index contributed by atoms with van der Waals surface area (Å²) in [6, 6.07) is 8.02. The largest absolute Gasteiger partial charge is 0.326 e. The van der Waals surface area contributed by atoms with E-state index in [1.54, 1.807) is 0 Å². The van der Waals surface area contributed by atoms with E-state index in [4.69, 9.17) is 11.6 Å². The minimum absolute atomic E-state index is 0.107. The Morgan fingerprint density at radius 2 is 1.76 bits per heavy atom. The average molecular weight is 376 g/mol. The third-order valence-corrected chi connectivity index (χ3v) is 8.66. The molecule has 0 N–H and O–H groups in total. The van der Waals surface area contributed by atoms with Crippen LogP contribution in [0.2, 0.25) is 5.02 Å². The summed E-state index contributed by atoms with van der Waals surface area (Å²) in [6.45, 7) is 0.867. The van der Waals surface area contributed by atoms with Crippen LogP contribution >= 0.6 is 23.4 Å². The molecule has 1 aromatic carbocycles. The Labute approximate surface area is 159 Å². The molecule has 2 nitrogen and oxygen atoms in total. The van der Waals surface area contributed by atoms with Crippen molar-refractivity contribution in [3.05, 3.63) is 34.9 Å². The highest BCUT2D eigenvalue weighted by Crippen LogP contribution is 2.61. The van der Waals surface area contributed by atoms with Gasteiger partial charge in [0.2, 0.25) is 5.91 Å². The summed E-state index contributed by atoms with van der Waals surface area (Å²) >= 11 is 8.28. The van der Waals surface area contributed by atoms with Gasteiger partial charge in [-0.05, 0) is 67.8 Å². The lowest BCUT2D eigenvalue weighted by Crippen LogP contribution is -2.48. The van der Waals surface area contributed by atoms with E-state index in [-0.39, 0.29) is 5.37 Å². The average Bonchev–Trinajstić information content (AvgIpc) is 3.03. The van der Waals surface area contributed by atoms with E-state index >= 15 is 0 Å².